The molecule has 2 heterocycles. The van der Waals surface area contributed by atoms with Gasteiger partial charge in [0.1, 0.15) is 5.75 Å². The lowest BCUT2D eigenvalue weighted by Crippen LogP contribution is -2.38. The maximum Gasteiger partial charge on any atom is 0.264 e. The van der Waals surface area contributed by atoms with Gasteiger partial charge in [0.05, 0.1) is 5.56 Å². The Morgan fingerprint density at radius 1 is 0.780 bits per heavy atom. The monoisotopic (exact) mass is 560 g/mol. The zero-order chi connectivity index (χ0) is 30.6. The van der Waals surface area contributed by atoms with E-state index in [-0.39, 0.29) is 18.5 Å². The van der Waals surface area contributed by atoms with Gasteiger partial charge in [-0.1, -0.05) is 110 Å². The predicted octanol–water partition coefficient (Wildman–Crippen LogP) is 9.40. The van der Waals surface area contributed by atoms with Gasteiger partial charge in [-0.05, 0) is 60.2 Å². The number of aryl methyl sites for hydroxylation is 1. The van der Waals surface area contributed by atoms with Crippen molar-refractivity contribution in [1.29, 1.82) is 0 Å². The van der Waals surface area contributed by atoms with Gasteiger partial charge in [-0.15, -0.1) is 0 Å². The standard InChI is InChI=1S/C27H26N2O3.C3H8.3C2H6/c30-26(28-16-4-5-17-28)15-10-20-8-12-23(13-9-20)29-19-32-25-18-22(11-14-24(25)27(29)31)21-6-2-1-3-7-21;1-3-2;3*1-2/h1-3,6-9,11-14,18H,4-5,10,15-17,19H2;3H2,1-2H3;3*1-2H3. The molecule has 3 aromatic carbocycles. The molecular formula is C36H52N2O3. The highest BCUT2D eigenvalue weighted by molar-refractivity contribution is 6.09. The summed E-state index contributed by atoms with van der Waals surface area (Å²) in [6.07, 6.45) is 4.72. The van der Waals surface area contributed by atoms with E-state index in [1.165, 1.54) is 6.42 Å². The van der Waals surface area contributed by atoms with Crippen LogP contribution >= 0.6 is 0 Å². The number of hydrogen-bond donors (Lipinski definition) is 0. The van der Waals surface area contributed by atoms with Crippen LogP contribution in [0.15, 0.2) is 72.8 Å². The molecule has 2 aliphatic heterocycles. The van der Waals surface area contributed by atoms with Crippen LogP contribution < -0.4 is 9.64 Å². The summed E-state index contributed by atoms with van der Waals surface area (Å²) in [5, 5.41) is 0. The molecule has 224 valence electrons. The van der Waals surface area contributed by atoms with Crippen LogP contribution in [0, 0.1) is 0 Å². The topological polar surface area (TPSA) is 49.9 Å². The van der Waals surface area contributed by atoms with Crippen LogP contribution in [0.3, 0.4) is 0 Å². The zero-order valence-electron chi connectivity index (χ0n) is 26.7. The van der Waals surface area contributed by atoms with E-state index < -0.39 is 0 Å². The molecule has 0 atom stereocenters. The number of nitrogens with zero attached hydrogens (tertiary/aromatic N) is 2. The normalized spacial score (nSPS) is 12.9. The van der Waals surface area contributed by atoms with Gasteiger partial charge in [0.25, 0.3) is 5.91 Å². The Morgan fingerprint density at radius 3 is 1.95 bits per heavy atom. The predicted molar refractivity (Wildman–Crippen MR) is 175 cm³/mol. The quantitative estimate of drug-likeness (QED) is 0.312. The van der Waals surface area contributed by atoms with E-state index in [2.05, 4.69) is 13.8 Å². The minimum atomic E-state index is -0.0668. The molecule has 1 saturated heterocycles. The summed E-state index contributed by atoms with van der Waals surface area (Å²) >= 11 is 0. The number of hydrogen-bond acceptors (Lipinski definition) is 3. The van der Waals surface area contributed by atoms with Crippen LogP contribution in [0.2, 0.25) is 0 Å². The van der Waals surface area contributed by atoms with Gasteiger partial charge >= 0.3 is 0 Å². The van der Waals surface area contributed by atoms with Gasteiger partial charge in [0.2, 0.25) is 5.91 Å². The molecule has 3 aromatic rings. The van der Waals surface area contributed by atoms with Crippen LogP contribution in [0.4, 0.5) is 5.69 Å². The first-order valence-corrected chi connectivity index (χ1v) is 15.6. The van der Waals surface area contributed by atoms with Gasteiger partial charge in [0, 0.05) is 25.2 Å². The van der Waals surface area contributed by atoms with Crippen molar-refractivity contribution in [1.82, 2.24) is 4.90 Å². The van der Waals surface area contributed by atoms with Crippen molar-refractivity contribution in [2.45, 2.75) is 87.5 Å². The Balaban J connectivity index is 0.000000847. The van der Waals surface area contributed by atoms with Gasteiger partial charge in [-0.3, -0.25) is 14.5 Å². The second-order valence-corrected chi connectivity index (χ2v) is 9.05. The fourth-order valence-corrected chi connectivity index (χ4v) is 4.38. The van der Waals surface area contributed by atoms with E-state index in [9.17, 15) is 9.59 Å². The van der Waals surface area contributed by atoms with Gasteiger partial charge < -0.3 is 9.64 Å². The number of benzene rings is 3. The molecule has 0 bridgehead atoms. The molecule has 2 amide bonds. The number of likely N-dealkylation sites (tertiary alicyclic amines) is 1. The molecule has 0 radical (unpaired) electrons. The van der Waals surface area contributed by atoms with Crippen molar-refractivity contribution in [3.63, 3.8) is 0 Å². The maximum absolute atomic E-state index is 13.1. The molecule has 0 aliphatic carbocycles. The fraction of sp³-hybridized carbons (Fsp3) is 0.444. The van der Waals surface area contributed by atoms with Crippen LogP contribution in [0.1, 0.15) is 97.0 Å². The number of anilines is 1. The molecule has 0 N–H and O–H groups in total. The lowest BCUT2D eigenvalue weighted by Gasteiger charge is -2.29. The Kier molecular flexibility index (Phi) is 17.5. The second-order valence-electron chi connectivity index (χ2n) is 9.05. The largest absolute Gasteiger partial charge is 0.472 e. The van der Waals surface area contributed by atoms with Crippen LogP contribution in [0.25, 0.3) is 11.1 Å². The maximum atomic E-state index is 13.1. The number of fused-ring (bicyclic) bond motifs is 1. The van der Waals surface area contributed by atoms with Crippen molar-refractivity contribution >= 4 is 17.5 Å². The van der Waals surface area contributed by atoms with Crippen molar-refractivity contribution < 1.29 is 14.3 Å². The molecule has 5 nitrogen and oxygen atoms in total. The summed E-state index contributed by atoms with van der Waals surface area (Å²) in [7, 11) is 0. The van der Waals surface area contributed by atoms with Gasteiger partial charge in [-0.25, -0.2) is 0 Å². The first-order valence-electron chi connectivity index (χ1n) is 15.6. The number of carbonyl (C=O) groups excluding carboxylic acids is 2. The molecule has 0 spiro atoms. The summed E-state index contributed by atoms with van der Waals surface area (Å²) in [6.45, 7) is 18.2. The van der Waals surface area contributed by atoms with Gasteiger partial charge in [-0.2, -0.15) is 0 Å². The summed E-state index contributed by atoms with van der Waals surface area (Å²) < 4.78 is 5.94. The van der Waals surface area contributed by atoms with Crippen molar-refractivity contribution in [3.05, 3.63) is 83.9 Å². The molecule has 0 unspecified atom stereocenters. The van der Waals surface area contributed by atoms with Gasteiger partial charge in [0.15, 0.2) is 6.73 Å². The highest BCUT2D eigenvalue weighted by Gasteiger charge is 2.27. The highest BCUT2D eigenvalue weighted by Crippen LogP contribution is 2.32. The van der Waals surface area contributed by atoms with Crippen molar-refractivity contribution in [3.8, 4) is 16.9 Å². The number of ether oxygens (including phenoxy) is 1. The van der Waals surface area contributed by atoms with Crippen LogP contribution in [0.5, 0.6) is 5.75 Å². The van der Waals surface area contributed by atoms with E-state index in [0.29, 0.717) is 24.2 Å². The molecule has 2 aliphatic rings. The van der Waals surface area contributed by atoms with Crippen LogP contribution in [-0.2, 0) is 11.2 Å². The Morgan fingerprint density at radius 2 is 1.37 bits per heavy atom. The van der Waals surface area contributed by atoms with E-state index >= 15 is 0 Å². The molecular weight excluding hydrogens is 508 g/mol. The lowest BCUT2D eigenvalue weighted by molar-refractivity contribution is -0.130. The summed E-state index contributed by atoms with van der Waals surface area (Å²) in [6, 6.07) is 23.6. The Bertz CT molecular complexity index is 1140. The fourth-order valence-electron chi connectivity index (χ4n) is 4.38. The van der Waals surface area contributed by atoms with Crippen molar-refractivity contribution in [2.75, 3.05) is 24.7 Å². The average molecular weight is 561 g/mol. The van der Waals surface area contributed by atoms with E-state index in [1.807, 2.05) is 119 Å². The summed E-state index contributed by atoms with van der Waals surface area (Å²) in [4.78, 5) is 29.0. The summed E-state index contributed by atoms with van der Waals surface area (Å²) in [5.74, 6) is 0.783. The second kappa shape index (κ2) is 20.3. The molecule has 0 saturated carbocycles. The Labute approximate surface area is 249 Å². The first kappa shape index (κ1) is 35.4. The number of rotatable bonds is 5. The number of amides is 2. The number of carbonyl (C=O) groups is 2. The summed E-state index contributed by atoms with van der Waals surface area (Å²) in [5.41, 5.74) is 4.57. The molecule has 1 fully saturated rings. The highest BCUT2D eigenvalue weighted by atomic mass is 16.5. The van der Waals surface area contributed by atoms with Crippen molar-refractivity contribution in [2.24, 2.45) is 0 Å². The van der Waals surface area contributed by atoms with E-state index in [4.69, 9.17) is 4.74 Å². The minimum absolute atomic E-state index is 0.0668. The van der Waals surface area contributed by atoms with Crippen LogP contribution in [-0.4, -0.2) is 36.5 Å². The molecule has 5 rings (SSSR count). The zero-order valence-corrected chi connectivity index (χ0v) is 26.7. The lowest BCUT2D eigenvalue weighted by atomic mass is 10.0. The van der Waals surface area contributed by atoms with E-state index in [1.54, 1.807) is 4.90 Å². The molecule has 5 heteroatoms. The molecule has 41 heavy (non-hydrogen) atoms. The average Bonchev–Trinajstić information content (AvgIpc) is 3.60. The minimum Gasteiger partial charge on any atom is -0.472 e. The third-order valence-electron chi connectivity index (χ3n) is 6.25. The Hall–Kier alpha value is -3.60. The van der Waals surface area contributed by atoms with E-state index in [0.717, 1.165) is 48.3 Å². The third-order valence-corrected chi connectivity index (χ3v) is 6.25. The smallest absolute Gasteiger partial charge is 0.264 e. The third kappa shape index (κ3) is 10.4. The SMILES string of the molecule is CC.CC.CC.CCC.O=C(CCc1ccc(N2COc3cc(-c4ccccc4)ccc3C2=O)cc1)N1CCCC1. The molecule has 0 aromatic heterocycles. The first-order chi connectivity index (χ1) is 20.1.